The highest BCUT2D eigenvalue weighted by atomic mass is 19.1. The molecule has 2 aromatic rings. The van der Waals surface area contributed by atoms with Gasteiger partial charge in [-0.3, -0.25) is 9.48 Å². The van der Waals surface area contributed by atoms with E-state index in [1.807, 2.05) is 26.8 Å². The number of halogens is 1. The van der Waals surface area contributed by atoms with Crippen LogP contribution in [0.3, 0.4) is 0 Å². The third-order valence-corrected chi connectivity index (χ3v) is 4.61. The molecule has 134 valence electrons. The Bertz CT molecular complexity index is 758. The minimum atomic E-state index is -0.624. The van der Waals surface area contributed by atoms with E-state index < -0.39 is 5.54 Å². The zero-order valence-electron chi connectivity index (χ0n) is 14.9. The van der Waals surface area contributed by atoms with E-state index in [-0.39, 0.29) is 17.3 Å². The molecule has 0 bridgehead atoms. The van der Waals surface area contributed by atoms with E-state index in [2.05, 4.69) is 10.4 Å². The summed E-state index contributed by atoms with van der Waals surface area (Å²) in [6, 6.07) is 6.43. The van der Waals surface area contributed by atoms with Crippen molar-refractivity contribution in [3.05, 3.63) is 53.6 Å². The van der Waals surface area contributed by atoms with E-state index >= 15 is 0 Å². The largest absolute Gasteiger partial charge is 0.381 e. The van der Waals surface area contributed by atoms with Gasteiger partial charge in [-0.05, 0) is 51.3 Å². The summed E-state index contributed by atoms with van der Waals surface area (Å²) in [6.45, 7) is 7.12. The van der Waals surface area contributed by atoms with Gasteiger partial charge in [0.05, 0.1) is 22.8 Å². The summed E-state index contributed by atoms with van der Waals surface area (Å²) < 4.78 is 20.9. The average Bonchev–Trinajstić information content (AvgIpc) is 3.06. The second-order valence-electron chi connectivity index (χ2n) is 7.50. The number of carbonyl (C=O) groups is 1. The lowest BCUT2D eigenvalue weighted by atomic mass is 9.82. The monoisotopic (exact) mass is 345 g/mol. The normalized spacial score (nSPS) is 17.3. The molecule has 5 nitrogen and oxygen atoms in total. The summed E-state index contributed by atoms with van der Waals surface area (Å²) >= 11 is 0. The summed E-state index contributed by atoms with van der Waals surface area (Å²) in [5.41, 5.74) is 0.447. The zero-order valence-corrected chi connectivity index (χ0v) is 14.9. The number of hydrogen-bond acceptors (Lipinski definition) is 3. The minimum Gasteiger partial charge on any atom is -0.381 e. The number of amides is 1. The number of nitrogens with zero attached hydrogens (tertiary/aromatic N) is 2. The topological polar surface area (TPSA) is 56.2 Å². The molecular formula is C19H24FN3O2. The number of ether oxygens (including phenoxy) is 1. The first-order valence-corrected chi connectivity index (χ1v) is 8.52. The van der Waals surface area contributed by atoms with Crippen LogP contribution < -0.4 is 5.32 Å². The van der Waals surface area contributed by atoms with Gasteiger partial charge in [0.15, 0.2) is 0 Å². The van der Waals surface area contributed by atoms with Crippen LogP contribution in [0.25, 0.3) is 0 Å². The fraction of sp³-hybridized carbons (Fsp3) is 0.474. The highest BCUT2D eigenvalue weighted by molar-refractivity contribution is 5.94. The van der Waals surface area contributed by atoms with Gasteiger partial charge in [0, 0.05) is 19.4 Å². The number of rotatable bonds is 3. The molecule has 0 unspecified atom stereocenters. The molecule has 0 spiro atoms. The SMILES string of the molecule is CC(C)(C)n1cc(C(=O)NC2(c3cccc(F)c3)CCOCC2)cn1. The Morgan fingerprint density at radius 1 is 1.32 bits per heavy atom. The summed E-state index contributed by atoms with van der Waals surface area (Å²) in [5.74, 6) is -0.514. The van der Waals surface area contributed by atoms with Crippen molar-refractivity contribution in [1.82, 2.24) is 15.1 Å². The molecule has 1 aromatic carbocycles. The molecule has 0 saturated carbocycles. The average molecular weight is 345 g/mol. The van der Waals surface area contributed by atoms with Gasteiger partial charge in [0.2, 0.25) is 0 Å². The Kier molecular flexibility index (Phi) is 4.64. The van der Waals surface area contributed by atoms with Gasteiger partial charge in [-0.1, -0.05) is 12.1 Å². The molecule has 0 atom stereocenters. The van der Waals surface area contributed by atoms with Crippen LogP contribution in [-0.2, 0) is 15.8 Å². The third-order valence-electron chi connectivity index (χ3n) is 4.61. The first-order chi connectivity index (χ1) is 11.8. The molecule has 0 aliphatic carbocycles. The Balaban J connectivity index is 1.88. The van der Waals surface area contributed by atoms with E-state index in [1.165, 1.54) is 12.1 Å². The van der Waals surface area contributed by atoms with Gasteiger partial charge in [0.25, 0.3) is 5.91 Å². The van der Waals surface area contributed by atoms with Crippen molar-refractivity contribution in [2.45, 2.75) is 44.7 Å². The van der Waals surface area contributed by atoms with E-state index in [4.69, 9.17) is 4.74 Å². The van der Waals surface area contributed by atoms with Crippen LogP contribution >= 0.6 is 0 Å². The van der Waals surface area contributed by atoms with Crippen LogP contribution in [0.2, 0.25) is 0 Å². The van der Waals surface area contributed by atoms with E-state index in [0.717, 1.165) is 5.56 Å². The molecule has 0 radical (unpaired) electrons. The second kappa shape index (κ2) is 6.59. The Hall–Kier alpha value is -2.21. The maximum atomic E-state index is 13.7. The zero-order chi connectivity index (χ0) is 18.1. The van der Waals surface area contributed by atoms with Crippen molar-refractivity contribution in [2.24, 2.45) is 0 Å². The molecule has 1 aromatic heterocycles. The Morgan fingerprint density at radius 3 is 2.64 bits per heavy atom. The van der Waals surface area contributed by atoms with E-state index in [9.17, 15) is 9.18 Å². The van der Waals surface area contributed by atoms with Crippen LogP contribution in [0.1, 0.15) is 49.5 Å². The van der Waals surface area contributed by atoms with Crippen molar-refractivity contribution in [3.63, 3.8) is 0 Å². The molecule has 1 N–H and O–H groups in total. The fourth-order valence-corrected chi connectivity index (χ4v) is 3.09. The van der Waals surface area contributed by atoms with Gasteiger partial charge in [-0.2, -0.15) is 5.10 Å². The fourth-order valence-electron chi connectivity index (χ4n) is 3.09. The van der Waals surface area contributed by atoms with Crippen LogP contribution in [0.15, 0.2) is 36.7 Å². The maximum absolute atomic E-state index is 13.7. The second-order valence-corrected chi connectivity index (χ2v) is 7.50. The Labute approximate surface area is 147 Å². The van der Waals surface area contributed by atoms with E-state index in [1.54, 1.807) is 23.1 Å². The maximum Gasteiger partial charge on any atom is 0.255 e. The minimum absolute atomic E-state index is 0.197. The van der Waals surface area contributed by atoms with Crippen molar-refractivity contribution >= 4 is 5.91 Å². The van der Waals surface area contributed by atoms with Gasteiger partial charge in [-0.15, -0.1) is 0 Å². The molecule has 6 heteroatoms. The van der Waals surface area contributed by atoms with E-state index in [0.29, 0.717) is 31.6 Å². The molecule has 1 aliphatic rings. The standard InChI is InChI=1S/C19H24FN3O2/c1-18(2,3)23-13-14(12-21-23)17(24)22-19(7-9-25-10-8-19)15-5-4-6-16(20)11-15/h4-6,11-13H,7-10H2,1-3H3,(H,22,24). The summed E-state index contributed by atoms with van der Waals surface area (Å²) in [4.78, 5) is 12.8. The number of carbonyl (C=O) groups excluding carboxylic acids is 1. The lowest BCUT2D eigenvalue weighted by Gasteiger charge is -2.38. The quantitative estimate of drug-likeness (QED) is 0.929. The van der Waals surface area contributed by atoms with Gasteiger partial charge >= 0.3 is 0 Å². The van der Waals surface area contributed by atoms with Crippen LogP contribution in [0, 0.1) is 5.82 Å². The lowest BCUT2D eigenvalue weighted by Crippen LogP contribution is -2.49. The van der Waals surface area contributed by atoms with Crippen molar-refractivity contribution in [3.8, 4) is 0 Å². The number of benzene rings is 1. The van der Waals surface area contributed by atoms with Crippen molar-refractivity contribution in [1.29, 1.82) is 0 Å². The van der Waals surface area contributed by atoms with Gasteiger partial charge in [-0.25, -0.2) is 4.39 Å². The summed E-state index contributed by atoms with van der Waals surface area (Å²) in [6.07, 6.45) is 4.53. The molecule has 1 fully saturated rings. The Morgan fingerprint density at radius 2 is 2.04 bits per heavy atom. The number of nitrogens with one attached hydrogen (secondary N) is 1. The molecule has 3 rings (SSSR count). The van der Waals surface area contributed by atoms with Crippen LogP contribution in [-0.4, -0.2) is 28.9 Å². The first kappa shape index (κ1) is 17.6. The predicted octanol–water partition coefficient (Wildman–Crippen LogP) is 3.21. The molecule has 2 heterocycles. The molecule has 1 aliphatic heterocycles. The van der Waals surface area contributed by atoms with Gasteiger partial charge < -0.3 is 10.1 Å². The van der Waals surface area contributed by atoms with Gasteiger partial charge in [0.1, 0.15) is 5.82 Å². The lowest BCUT2D eigenvalue weighted by molar-refractivity contribution is 0.0344. The van der Waals surface area contributed by atoms with Crippen LogP contribution in [0.5, 0.6) is 0 Å². The number of aromatic nitrogens is 2. The smallest absolute Gasteiger partial charge is 0.255 e. The summed E-state index contributed by atoms with van der Waals surface area (Å²) in [5, 5.41) is 7.40. The van der Waals surface area contributed by atoms with Crippen LogP contribution in [0.4, 0.5) is 4.39 Å². The molecule has 25 heavy (non-hydrogen) atoms. The first-order valence-electron chi connectivity index (χ1n) is 8.52. The summed E-state index contributed by atoms with van der Waals surface area (Å²) in [7, 11) is 0. The van der Waals surface area contributed by atoms with Crippen molar-refractivity contribution < 1.29 is 13.9 Å². The number of hydrogen-bond donors (Lipinski definition) is 1. The third kappa shape index (κ3) is 3.74. The highest BCUT2D eigenvalue weighted by Crippen LogP contribution is 2.33. The van der Waals surface area contributed by atoms with Crippen molar-refractivity contribution in [2.75, 3.05) is 13.2 Å². The molecule has 1 amide bonds. The molecular weight excluding hydrogens is 321 g/mol. The predicted molar refractivity (Wildman–Crippen MR) is 92.8 cm³/mol. The highest BCUT2D eigenvalue weighted by Gasteiger charge is 2.36. The molecule has 1 saturated heterocycles.